The first-order valence-corrected chi connectivity index (χ1v) is 20.4. The highest BCUT2D eigenvalue weighted by Crippen LogP contribution is 2.63. The molecule has 0 bridgehead atoms. The average molecular weight is 765 g/mol. The molecule has 13 rings (SSSR count). The molecule has 0 amide bonds. The third-order valence-electron chi connectivity index (χ3n) is 11.5. The van der Waals surface area contributed by atoms with E-state index in [4.69, 9.17) is 14.6 Å². The van der Waals surface area contributed by atoms with Gasteiger partial charge in [-0.3, -0.25) is 0 Å². The number of nitrogen functional groups attached to an aromatic ring is 1. The molecule has 3 heterocycles. The number of nitrogens with two attached hydrogens (primary N) is 1. The molecule has 0 saturated heterocycles. The van der Waals surface area contributed by atoms with E-state index in [1.54, 1.807) is 11.3 Å². The number of furan rings is 2. The molecule has 0 fully saturated rings. The van der Waals surface area contributed by atoms with Crippen molar-refractivity contribution in [2.45, 2.75) is 5.41 Å². The molecule has 3 aromatic heterocycles. The Labute approximate surface area is 339 Å². The number of benzene rings is 8. The number of fused-ring (bicyclic) bond motifs is 16. The molecule has 2 aliphatic carbocycles. The van der Waals surface area contributed by atoms with Crippen LogP contribution in [-0.4, -0.2) is 0 Å². The van der Waals surface area contributed by atoms with E-state index in [1.165, 1.54) is 44.5 Å². The topological polar surface area (TPSA) is 64.3 Å². The third-order valence-corrected chi connectivity index (χ3v) is 12.1. The molecule has 2 aliphatic rings. The van der Waals surface area contributed by atoms with Gasteiger partial charge < -0.3 is 19.9 Å². The first-order chi connectivity index (χ1) is 28.7. The minimum Gasteiger partial charge on any atom is -0.456 e. The quantitative estimate of drug-likeness (QED) is 0.172. The first kappa shape index (κ1) is 34.0. The fourth-order valence-electron chi connectivity index (χ4n) is 9.11. The summed E-state index contributed by atoms with van der Waals surface area (Å²) >= 11 is 1.71. The van der Waals surface area contributed by atoms with Crippen molar-refractivity contribution in [3.63, 3.8) is 0 Å². The highest BCUT2D eigenvalue weighted by atomic mass is 32.1. The van der Waals surface area contributed by atoms with Gasteiger partial charge in [0.2, 0.25) is 0 Å². The summed E-state index contributed by atoms with van der Waals surface area (Å²) in [5, 5.41) is 12.3. The summed E-state index contributed by atoms with van der Waals surface area (Å²) in [4.78, 5) is 0. The van der Waals surface area contributed by atoms with E-state index >= 15 is 0 Å². The summed E-state index contributed by atoms with van der Waals surface area (Å²) in [6.45, 7) is 0. The van der Waals surface area contributed by atoms with Gasteiger partial charge in [-0.05, 0) is 116 Å². The van der Waals surface area contributed by atoms with Gasteiger partial charge in [-0.2, -0.15) is 11.3 Å². The van der Waals surface area contributed by atoms with Crippen LogP contribution in [0.2, 0.25) is 0 Å². The average Bonchev–Trinajstić information content (AvgIpc) is 4.12. The maximum Gasteiger partial charge on any atom is 0.135 e. The zero-order valence-electron chi connectivity index (χ0n) is 31.4. The van der Waals surface area contributed by atoms with Crippen molar-refractivity contribution in [2.24, 2.45) is 0 Å². The first-order valence-electron chi connectivity index (χ1n) is 19.4. The highest BCUT2D eigenvalue weighted by Gasteiger charge is 2.51. The Morgan fingerprint density at radius 2 is 0.828 bits per heavy atom. The minimum absolute atomic E-state index is 0.332. The van der Waals surface area contributed by atoms with Gasteiger partial charge in [0.15, 0.2) is 0 Å². The van der Waals surface area contributed by atoms with Crippen molar-refractivity contribution in [3.05, 3.63) is 221 Å². The van der Waals surface area contributed by atoms with Gasteiger partial charge in [0.25, 0.3) is 0 Å². The smallest absolute Gasteiger partial charge is 0.135 e. The minimum atomic E-state index is -0.332. The molecule has 58 heavy (non-hydrogen) atoms. The summed E-state index contributed by atoms with van der Waals surface area (Å²) in [6, 6.07) is 66.0. The number of thiophene rings is 1. The number of hydrogen-bond acceptors (Lipinski definition) is 5. The summed E-state index contributed by atoms with van der Waals surface area (Å²) < 4.78 is 11.7. The third kappa shape index (κ3) is 5.36. The lowest BCUT2D eigenvalue weighted by Gasteiger charge is -2.30. The monoisotopic (exact) mass is 764 g/mol. The summed E-state index contributed by atoms with van der Waals surface area (Å²) in [5.41, 5.74) is 22.6. The SMILES string of the molecule is Nc1ccc2oc3ccccc3c2c1.c1ccc2c(c1)-c1ccccc1C21c2ccccc2-c2ccc(Nc3ccc4oc5ccccc5c4c3)cc21.c1ccsc1. The van der Waals surface area contributed by atoms with E-state index in [-0.39, 0.29) is 5.41 Å². The van der Waals surface area contributed by atoms with E-state index in [0.717, 1.165) is 60.9 Å². The molecule has 4 nitrogen and oxygen atoms in total. The van der Waals surface area contributed by atoms with Gasteiger partial charge in [-0.25, -0.2) is 0 Å². The number of nitrogens with one attached hydrogen (secondary N) is 1. The molecule has 8 aromatic carbocycles. The largest absolute Gasteiger partial charge is 0.456 e. The fraction of sp³-hybridized carbons (Fsp3) is 0.0189. The van der Waals surface area contributed by atoms with E-state index in [1.807, 2.05) is 77.5 Å². The number of rotatable bonds is 2. The molecule has 0 radical (unpaired) electrons. The second kappa shape index (κ2) is 13.7. The molecule has 1 spiro atoms. The Morgan fingerprint density at radius 3 is 1.40 bits per heavy atom. The van der Waals surface area contributed by atoms with Crippen LogP contribution in [0.1, 0.15) is 22.3 Å². The van der Waals surface area contributed by atoms with Crippen LogP contribution in [0.4, 0.5) is 17.1 Å². The summed E-state index contributed by atoms with van der Waals surface area (Å²) in [6.07, 6.45) is 0. The zero-order chi connectivity index (χ0) is 38.6. The maximum absolute atomic E-state index is 6.06. The van der Waals surface area contributed by atoms with Crippen LogP contribution >= 0.6 is 11.3 Å². The fourth-order valence-corrected chi connectivity index (χ4v) is 9.57. The Morgan fingerprint density at radius 1 is 0.379 bits per heavy atom. The van der Waals surface area contributed by atoms with Crippen LogP contribution in [0.25, 0.3) is 66.1 Å². The van der Waals surface area contributed by atoms with Crippen LogP contribution in [0.15, 0.2) is 208 Å². The van der Waals surface area contributed by atoms with Crippen LogP contribution < -0.4 is 11.1 Å². The number of para-hydroxylation sites is 2. The van der Waals surface area contributed by atoms with Crippen LogP contribution in [0.5, 0.6) is 0 Å². The van der Waals surface area contributed by atoms with Gasteiger partial charge >= 0.3 is 0 Å². The lowest BCUT2D eigenvalue weighted by atomic mass is 9.70. The van der Waals surface area contributed by atoms with Crippen molar-refractivity contribution in [3.8, 4) is 22.3 Å². The molecule has 0 saturated carbocycles. The van der Waals surface area contributed by atoms with Gasteiger partial charge in [-0.15, -0.1) is 0 Å². The number of anilines is 3. The predicted molar refractivity (Wildman–Crippen MR) is 242 cm³/mol. The maximum atomic E-state index is 6.06. The Hall–Kier alpha value is -7.34. The molecule has 0 unspecified atom stereocenters. The summed E-state index contributed by atoms with van der Waals surface area (Å²) in [5.74, 6) is 0. The zero-order valence-corrected chi connectivity index (χ0v) is 32.2. The lowest BCUT2D eigenvalue weighted by Crippen LogP contribution is -2.25. The molecule has 276 valence electrons. The molecule has 0 aliphatic heterocycles. The second-order valence-corrected chi connectivity index (χ2v) is 15.5. The van der Waals surface area contributed by atoms with Gasteiger partial charge in [-0.1, -0.05) is 127 Å². The predicted octanol–water partition coefficient (Wildman–Crippen LogP) is 14.6. The Balaban J connectivity index is 0.000000166. The van der Waals surface area contributed by atoms with Crippen LogP contribution in [0.3, 0.4) is 0 Å². The Kier molecular flexibility index (Phi) is 8.02. The Bertz CT molecular complexity index is 3220. The molecule has 3 N–H and O–H groups in total. The molecule has 11 aromatic rings. The second-order valence-electron chi connectivity index (χ2n) is 14.7. The van der Waals surface area contributed by atoms with E-state index in [0.29, 0.717) is 0 Å². The van der Waals surface area contributed by atoms with Gasteiger partial charge in [0.1, 0.15) is 22.3 Å². The lowest BCUT2D eigenvalue weighted by molar-refractivity contribution is 0.668. The van der Waals surface area contributed by atoms with Crippen molar-refractivity contribution in [1.82, 2.24) is 0 Å². The molecular weight excluding hydrogens is 729 g/mol. The molecule has 5 heteroatoms. The molecular formula is C53H36N2O2S. The van der Waals surface area contributed by atoms with Crippen molar-refractivity contribution in [1.29, 1.82) is 0 Å². The van der Waals surface area contributed by atoms with Crippen LogP contribution in [0, 0.1) is 0 Å². The van der Waals surface area contributed by atoms with E-state index in [9.17, 15) is 0 Å². The van der Waals surface area contributed by atoms with E-state index in [2.05, 4.69) is 127 Å². The van der Waals surface area contributed by atoms with Crippen molar-refractivity contribution >= 4 is 72.3 Å². The molecule has 0 atom stereocenters. The van der Waals surface area contributed by atoms with Crippen molar-refractivity contribution < 1.29 is 8.83 Å². The summed E-state index contributed by atoms with van der Waals surface area (Å²) in [7, 11) is 0. The highest BCUT2D eigenvalue weighted by molar-refractivity contribution is 7.07. The van der Waals surface area contributed by atoms with Gasteiger partial charge in [0, 0.05) is 38.6 Å². The van der Waals surface area contributed by atoms with E-state index < -0.39 is 0 Å². The standard InChI is InChI=1S/C37H23NO.C12H9NO.C4H4S/c1-5-13-31-25(9-1)26-10-2-6-14-32(26)37(31)33-15-7-3-11-27(33)28-19-17-24(22-34(28)37)38-23-18-20-36-30(21-23)29-12-4-8-16-35(29)39-36;13-8-5-6-12-10(7-8)9-3-1-2-4-11(9)14-12;1-2-4-5-3-1/h1-22,38H;1-7H,13H2;1-4H. The number of hydrogen-bond donors (Lipinski definition) is 2. The van der Waals surface area contributed by atoms with Crippen molar-refractivity contribution in [2.75, 3.05) is 11.1 Å². The normalized spacial score (nSPS) is 12.7. The van der Waals surface area contributed by atoms with Gasteiger partial charge in [0.05, 0.1) is 5.41 Å². The van der Waals surface area contributed by atoms with Crippen LogP contribution in [-0.2, 0) is 5.41 Å².